The van der Waals surface area contributed by atoms with Crippen LogP contribution in [0.15, 0.2) is 48.0 Å². The van der Waals surface area contributed by atoms with E-state index in [0.717, 1.165) is 60.7 Å². The van der Waals surface area contributed by atoms with E-state index in [1.807, 2.05) is 41.5 Å². The Morgan fingerprint density at radius 2 is 2.18 bits per heavy atom. The fourth-order valence-electron chi connectivity index (χ4n) is 5.16. The highest BCUT2D eigenvalue weighted by Crippen LogP contribution is 2.29. The molecule has 0 radical (unpaired) electrons. The quantitative estimate of drug-likeness (QED) is 0.463. The van der Waals surface area contributed by atoms with E-state index in [1.54, 1.807) is 0 Å². The van der Waals surface area contributed by atoms with E-state index >= 15 is 0 Å². The number of hydrogen-bond donors (Lipinski definition) is 2. The number of rotatable bonds is 4. The number of H-pyrrole nitrogens is 1. The number of carbonyl (C=O) groups excluding carboxylic acids is 1. The predicted octanol–water partition coefficient (Wildman–Crippen LogP) is 4.34. The van der Waals surface area contributed by atoms with Crippen LogP contribution in [0.2, 0.25) is 0 Å². The molecule has 34 heavy (non-hydrogen) atoms. The first kappa shape index (κ1) is 21.3. The van der Waals surface area contributed by atoms with Gasteiger partial charge in [0.1, 0.15) is 0 Å². The summed E-state index contributed by atoms with van der Waals surface area (Å²) < 4.78 is 1.34. The summed E-state index contributed by atoms with van der Waals surface area (Å²) in [6.07, 6.45) is 3.59. The molecule has 174 valence electrons. The Kier molecular flexibility index (Phi) is 5.55. The van der Waals surface area contributed by atoms with Crippen molar-refractivity contribution in [3.63, 3.8) is 0 Å². The van der Waals surface area contributed by atoms with Crippen LogP contribution in [0.1, 0.15) is 28.9 Å². The molecule has 1 saturated heterocycles. The summed E-state index contributed by atoms with van der Waals surface area (Å²) in [5, 5.41) is 14.7. The van der Waals surface area contributed by atoms with Crippen molar-refractivity contribution in [2.24, 2.45) is 0 Å². The zero-order valence-electron chi connectivity index (χ0n) is 19.3. The summed E-state index contributed by atoms with van der Waals surface area (Å²) in [7, 11) is 0. The summed E-state index contributed by atoms with van der Waals surface area (Å²) in [4.78, 5) is 21.8. The highest BCUT2D eigenvalue weighted by molar-refractivity contribution is 7.17. The number of pyridine rings is 1. The molecule has 0 unspecified atom stereocenters. The number of nitrogens with one attached hydrogen (secondary N) is 2. The molecular weight excluding hydrogens is 444 g/mol. The van der Waals surface area contributed by atoms with E-state index in [-0.39, 0.29) is 12.1 Å². The van der Waals surface area contributed by atoms with Gasteiger partial charge in [0, 0.05) is 72.1 Å². The third-order valence-corrected chi connectivity index (χ3v) is 7.96. The van der Waals surface area contributed by atoms with Crippen molar-refractivity contribution in [2.75, 3.05) is 19.6 Å². The van der Waals surface area contributed by atoms with Gasteiger partial charge in [-0.25, -0.2) is 4.79 Å². The van der Waals surface area contributed by atoms with E-state index < -0.39 is 0 Å². The van der Waals surface area contributed by atoms with Crippen LogP contribution in [0.5, 0.6) is 0 Å². The maximum atomic E-state index is 13.1. The van der Waals surface area contributed by atoms with Gasteiger partial charge in [0.15, 0.2) is 0 Å². The Balaban J connectivity index is 1.09. The molecule has 4 aromatic rings. The zero-order valence-corrected chi connectivity index (χ0v) is 20.1. The molecule has 1 fully saturated rings. The Morgan fingerprint density at radius 1 is 1.26 bits per heavy atom. The Hall–Kier alpha value is -3.23. The molecule has 2 aliphatic heterocycles. The van der Waals surface area contributed by atoms with Crippen LogP contribution in [0.25, 0.3) is 21.3 Å². The van der Waals surface area contributed by atoms with Crippen LogP contribution in [0.3, 0.4) is 0 Å². The average molecular weight is 473 g/mol. The predicted molar refractivity (Wildman–Crippen MR) is 135 cm³/mol. The first-order valence-corrected chi connectivity index (χ1v) is 12.7. The van der Waals surface area contributed by atoms with E-state index in [1.165, 1.54) is 15.6 Å². The number of benzene rings is 1. The summed E-state index contributed by atoms with van der Waals surface area (Å²) in [5.74, 6) is 0. The standard InChI is InChI=1S/C26H28N6OS/c1-17-12-18(6-9-27-17)25-22-15-32(11-8-23(22)29-30-25)26(33)28-20-7-10-31(14-20)13-19-16-34-24-5-3-2-4-21(19)24/h2-6,9,12,16,20H,7-8,10-11,13-15H2,1H3,(H,28,33)(H,29,30)/t20-/m1/s1. The Bertz CT molecular complexity index is 1340. The molecular formula is C26H28N6OS. The number of likely N-dealkylation sites (tertiary alicyclic amines) is 1. The minimum atomic E-state index is 0.0246. The first-order valence-electron chi connectivity index (χ1n) is 11.9. The second kappa shape index (κ2) is 8.85. The molecule has 0 aliphatic carbocycles. The lowest BCUT2D eigenvalue weighted by atomic mass is 10.0. The van der Waals surface area contributed by atoms with Gasteiger partial charge in [0.25, 0.3) is 0 Å². The lowest BCUT2D eigenvalue weighted by molar-refractivity contribution is 0.188. The van der Waals surface area contributed by atoms with Gasteiger partial charge in [-0.05, 0) is 47.9 Å². The topological polar surface area (TPSA) is 77.2 Å². The molecule has 2 aliphatic rings. The molecule has 7 nitrogen and oxygen atoms in total. The molecule has 6 rings (SSSR count). The largest absolute Gasteiger partial charge is 0.334 e. The van der Waals surface area contributed by atoms with Crippen molar-refractivity contribution in [1.82, 2.24) is 30.3 Å². The zero-order chi connectivity index (χ0) is 23.1. The van der Waals surface area contributed by atoms with Crippen LogP contribution in [0.4, 0.5) is 4.79 Å². The van der Waals surface area contributed by atoms with Crippen molar-refractivity contribution in [3.05, 3.63) is 70.5 Å². The van der Waals surface area contributed by atoms with E-state index in [4.69, 9.17) is 0 Å². The Labute approximate surface area is 202 Å². The lowest BCUT2D eigenvalue weighted by Crippen LogP contribution is -2.47. The summed E-state index contributed by atoms with van der Waals surface area (Å²) in [6, 6.07) is 12.8. The minimum Gasteiger partial charge on any atom is -0.334 e. The summed E-state index contributed by atoms with van der Waals surface area (Å²) in [6.45, 7) is 6.09. The summed E-state index contributed by atoms with van der Waals surface area (Å²) in [5.41, 5.74) is 6.55. The molecule has 0 saturated carbocycles. The number of amides is 2. The van der Waals surface area contributed by atoms with Crippen molar-refractivity contribution < 1.29 is 4.79 Å². The maximum absolute atomic E-state index is 13.1. The smallest absolute Gasteiger partial charge is 0.317 e. The van der Waals surface area contributed by atoms with Crippen molar-refractivity contribution in [3.8, 4) is 11.3 Å². The SMILES string of the molecule is Cc1cc(-c2n[nH]c3c2CN(C(=O)N[C@@H]2CCN(Cc4csc5ccccc45)C2)CC3)ccn1. The highest BCUT2D eigenvalue weighted by atomic mass is 32.1. The first-order chi connectivity index (χ1) is 16.6. The molecule has 0 spiro atoms. The normalized spacial score (nSPS) is 18.4. The highest BCUT2D eigenvalue weighted by Gasteiger charge is 2.29. The maximum Gasteiger partial charge on any atom is 0.317 e. The molecule has 1 atom stereocenters. The van der Waals surface area contributed by atoms with Gasteiger partial charge in [-0.15, -0.1) is 11.3 Å². The third kappa shape index (κ3) is 4.08. The molecule has 2 amide bonds. The third-order valence-electron chi connectivity index (χ3n) is 6.95. The van der Waals surface area contributed by atoms with Crippen LogP contribution >= 0.6 is 11.3 Å². The van der Waals surface area contributed by atoms with E-state index in [9.17, 15) is 4.79 Å². The monoisotopic (exact) mass is 472 g/mol. The van der Waals surface area contributed by atoms with Crippen LogP contribution in [-0.4, -0.2) is 56.7 Å². The fourth-order valence-corrected chi connectivity index (χ4v) is 6.11. The Morgan fingerprint density at radius 3 is 3.09 bits per heavy atom. The molecule has 3 aromatic heterocycles. The average Bonchev–Trinajstić information content (AvgIpc) is 3.58. The van der Waals surface area contributed by atoms with Gasteiger partial charge in [-0.2, -0.15) is 5.10 Å². The number of carbonyl (C=O) groups is 1. The van der Waals surface area contributed by atoms with Gasteiger partial charge in [-0.3, -0.25) is 15.0 Å². The molecule has 2 N–H and O–H groups in total. The van der Waals surface area contributed by atoms with E-state index in [0.29, 0.717) is 13.1 Å². The van der Waals surface area contributed by atoms with Crippen LogP contribution in [0, 0.1) is 6.92 Å². The second-order valence-corrected chi connectivity index (χ2v) is 10.2. The summed E-state index contributed by atoms with van der Waals surface area (Å²) >= 11 is 1.81. The van der Waals surface area contributed by atoms with Gasteiger partial charge in [-0.1, -0.05) is 18.2 Å². The van der Waals surface area contributed by atoms with Crippen LogP contribution < -0.4 is 5.32 Å². The number of fused-ring (bicyclic) bond motifs is 2. The second-order valence-electron chi connectivity index (χ2n) is 9.31. The molecule has 0 bridgehead atoms. The number of aryl methyl sites for hydroxylation is 1. The van der Waals surface area contributed by atoms with Crippen molar-refractivity contribution in [2.45, 2.75) is 38.9 Å². The lowest BCUT2D eigenvalue weighted by Gasteiger charge is -2.29. The minimum absolute atomic E-state index is 0.0246. The molecule has 5 heterocycles. The van der Waals surface area contributed by atoms with Gasteiger partial charge in [0.05, 0.1) is 12.2 Å². The van der Waals surface area contributed by atoms with Crippen molar-refractivity contribution >= 4 is 27.5 Å². The van der Waals surface area contributed by atoms with E-state index in [2.05, 4.69) is 55.0 Å². The fraction of sp³-hybridized carbons (Fsp3) is 0.346. The van der Waals surface area contributed by atoms with Crippen LogP contribution in [-0.2, 0) is 19.5 Å². The van der Waals surface area contributed by atoms with Gasteiger partial charge >= 0.3 is 6.03 Å². The molecule has 1 aromatic carbocycles. The number of urea groups is 1. The number of aromatic amines is 1. The number of hydrogen-bond acceptors (Lipinski definition) is 5. The van der Waals surface area contributed by atoms with Gasteiger partial charge < -0.3 is 10.2 Å². The van der Waals surface area contributed by atoms with Gasteiger partial charge in [0.2, 0.25) is 0 Å². The number of aromatic nitrogens is 3. The van der Waals surface area contributed by atoms with Crippen molar-refractivity contribution in [1.29, 1.82) is 0 Å². The number of nitrogens with zero attached hydrogens (tertiary/aromatic N) is 4. The number of thiophene rings is 1. The molecule has 8 heteroatoms.